The fourth-order valence-electron chi connectivity index (χ4n) is 2.61. The molecular weight excluding hydrogens is 515 g/mol. The van der Waals surface area contributed by atoms with E-state index in [9.17, 15) is 24.5 Å². The molecule has 2 rings (SSSR count). The Balaban J connectivity index is 2.00. The van der Waals surface area contributed by atoms with Gasteiger partial charge in [-0.05, 0) is 45.0 Å². The van der Waals surface area contributed by atoms with Crippen LogP contribution in [-0.4, -0.2) is 41.6 Å². The van der Waals surface area contributed by atoms with E-state index in [0.29, 0.717) is 0 Å². The molecule has 0 saturated carbocycles. The van der Waals surface area contributed by atoms with Crippen LogP contribution in [-0.2, 0) is 9.53 Å². The van der Waals surface area contributed by atoms with Crippen LogP contribution < -0.4 is 20.7 Å². The summed E-state index contributed by atoms with van der Waals surface area (Å²) in [5.74, 6) is -1.39. The first-order valence-corrected chi connectivity index (χ1v) is 11.2. The summed E-state index contributed by atoms with van der Waals surface area (Å²) in [6.45, 7) is 8.85. The number of hydrogen-bond donors (Lipinski definition) is 3. The fourth-order valence-corrected chi connectivity index (χ4v) is 3.01. The molecule has 3 amide bonds. The SMILES string of the molecule is C=C(NC(=O)c1cc(Cl)ccc1OCCNC(=O)OC(C)(C)C)C(=O)Nc1ccc([N+](=O)[O-])cc1Cl. The lowest BCUT2D eigenvalue weighted by Gasteiger charge is -2.19. The van der Waals surface area contributed by atoms with E-state index in [1.54, 1.807) is 20.8 Å². The maximum absolute atomic E-state index is 12.8. The first kappa shape index (κ1) is 28.4. The van der Waals surface area contributed by atoms with Crippen molar-refractivity contribution in [1.82, 2.24) is 10.6 Å². The van der Waals surface area contributed by atoms with Crippen LogP contribution in [0.4, 0.5) is 16.2 Å². The molecule has 0 aliphatic rings. The second-order valence-electron chi connectivity index (χ2n) is 8.23. The van der Waals surface area contributed by atoms with Crippen molar-refractivity contribution in [3.8, 4) is 5.75 Å². The largest absolute Gasteiger partial charge is 0.491 e. The molecule has 0 radical (unpaired) electrons. The number of nitrogens with zero attached hydrogens (tertiary/aromatic N) is 1. The molecule has 0 fully saturated rings. The molecule has 0 atom stereocenters. The van der Waals surface area contributed by atoms with Crippen molar-refractivity contribution < 1.29 is 28.8 Å². The van der Waals surface area contributed by atoms with Crippen LogP contribution >= 0.6 is 23.2 Å². The highest BCUT2D eigenvalue weighted by atomic mass is 35.5. The first-order chi connectivity index (χ1) is 16.8. The maximum atomic E-state index is 12.8. The summed E-state index contributed by atoms with van der Waals surface area (Å²) >= 11 is 12.0. The minimum absolute atomic E-state index is 0.0151. The predicted molar refractivity (Wildman–Crippen MR) is 135 cm³/mol. The van der Waals surface area contributed by atoms with Crippen LogP contribution in [0.25, 0.3) is 0 Å². The molecule has 0 aliphatic heterocycles. The zero-order valence-electron chi connectivity index (χ0n) is 19.6. The predicted octanol–water partition coefficient (Wildman–Crippen LogP) is 4.69. The molecule has 0 spiro atoms. The van der Waals surface area contributed by atoms with E-state index in [0.717, 1.165) is 12.1 Å². The lowest BCUT2D eigenvalue weighted by Crippen LogP contribution is -2.34. The third-order valence-corrected chi connectivity index (χ3v) is 4.71. The molecule has 36 heavy (non-hydrogen) atoms. The highest BCUT2D eigenvalue weighted by Crippen LogP contribution is 2.27. The number of non-ortho nitro benzene ring substituents is 1. The van der Waals surface area contributed by atoms with Gasteiger partial charge in [-0.3, -0.25) is 19.7 Å². The summed E-state index contributed by atoms with van der Waals surface area (Å²) in [5, 5.41) is 18.3. The van der Waals surface area contributed by atoms with Gasteiger partial charge in [0.25, 0.3) is 17.5 Å². The van der Waals surface area contributed by atoms with Crippen molar-refractivity contribution in [1.29, 1.82) is 0 Å². The second kappa shape index (κ2) is 12.2. The van der Waals surface area contributed by atoms with Crippen molar-refractivity contribution in [3.63, 3.8) is 0 Å². The number of ether oxygens (including phenoxy) is 2. The second-order valence-corrected chi connectivity index (χ2v) is 9.07. The van der Waals surface area contributed by atoms with Gasteiger partial charge in [0.1, 0.15) is 18.0 Å². The average Bonchev–Trinajstić information content (AvgIpc) is 2.77. The molecule has 192 valence electrons. The van der Waals surface area contributed by atoms with E-state index in [4.69, 9.17) is 32.7 Å². The third kappa shape index (κ3) is 8.75. The Hall–Kier alpha value is -3.83. The molecule has 2 aromatic carbocycles. The Morgan fingerprint density at radius 3 is 2.42 bits per heavy atom. The zero-order chi connectivity index (χ0) is 27.0. The van der Waals surface area contributed by atoms with E-state index in [2.05, 4.69) is 22.5 Å². The van der Waals surface area contributed by atoms with Gasteiger partial charge in [0, 0.05) is 17.2 Å². The van der Waals surface area contributed by atoms with E-state index in [1.165, 1.54) is 24.3 Å². The molecule has 0 saturated heterocycles. The van der Waals surface area contributed by atoms with Crippen molar-refractivity contribution in [2.75, 3.05) is 18.5 Å². The Labute approximate surface area is 216 Å². The Kier molecular flexibility index (Phi) is 9.65. The van der Waals surface area contributed by atoms with Crippen LogP contribution in [0, 0.1) is 10.1 Å². The van der Waals surface area contributed by atoms with Crippen LogP contribution in [0.5, 0.6) is 5.75 Å². The monoisotopic (exact) mass is 538 g/mol. The molecule has 0 aromatic heterocycles. The number of amides is 3. The van der Waals surface area contributed by atoms with Gasteiger partial charge in [-0.15, -0.1) is 0 Å². The number of nitrogens with one attached hydrogen (secondary N) is 3. The van der Waals surface area contributed by atoms with Crippen LogP contribution in [0.3, 0.4) is 0 Å². The van der Waals surface area contributed by atoms with E-state index in [1.807, 2.05) is 0 Å². The summed E-state index contributed by atoms with van der Waals surface area (Å²) in [7, 11) is 0. The normalized spacial score (nSPS) is 10.7. The van der Waals surface area contributed by atoms with Gasteiger partial charge >= 0.3 is 6.09 Å². The number of carbonyl (C=O) groups is 3. The number of halogens is 2. The van der Waals surface area contributed by atoms with Crippen molar-refractivity contribution in [3.05, 3.63) is 74.4 Å². The van der Waals surface area contributed by atoms with E-state index < -0.39 is 28.4 Å². The lowest BCUT2D eigenvalue weighted by molar-refractivity contribution is -0.384. The lowest BCUT2D eigenvalue weighted by atomic mass is 10.2. The Morgan fingerprint density at radius 1 is 1.11 bits per heavy atom. The number of anilines is 1. The average molecular weight is 539 g/mol. The number of nitro groups is 1. The van der Waals surface area contributed by atoms with Gasteiger partial charge in [-0.2, -0.15) is 0 Å². The van der Waals surface area contributed by atoms with Crippen LogP contribution in [0.1, 0.15) is 31.1 Å². The van der Waals surface area contributed by atoms with Crippen LogP contribution in [0.2, 0.25) is 10.0 Å². The molecule has 2 aromatic rings. The highest BCUT2D eigenvalue weighted by Gasteiger charge is 2.19. The molecule has 0 heterocycles. The number of hydrogen-bond acceptors (Lipinski definition) is 7. The van der Waals surface area contributed by atoms with E-state index in [-0.39, 0.29) is 51.6 Å². The zero-order valence-corrected chi connectivity index (χ0v) is 21.2. The standard InChI is InChI=1S/C23H24Cl2N4O7/c1-13(20(30)28-18-7-6-15(29(33)34)12-17(18)25)27-21(31)16-11-14(24)5-8-19(16)35-10-9-26-22(32)36-23(2,3)4/h5-8,11-12H,1,9-10H2,2-4H3,(H,26,32)(H,27,31)(H,28,30). The minimum Gasteiger partial charge on any atom is -0.491 e. The summed E-state index contributed by atoms with van der Waals surface area (Å²) in [6.07, 6.45) is -0.615. The van der Waals surface area contributed by atoms with Gasteiger partial charge in [0.05, 0.1) is 33.4 Å². The number of benzene rings is 2. The summed E-state index contributed by atoms with van der Waals surface area (Å²) in [5.41, 5.74) is -1.12. The molecular formula is C23H24Cl2N4O7. The summed E-state index contributed by atoms with van der Waals surface area (Å²) in [4.78, 5) is 47.1. The van der Waals surface area contributed by atoms with E-state index >= 15 is 0 Å². The Morgan fingerprint density at radius 2 is 1.81 bits per heavy atom. The van der Waals surface area contributed by atoms with Gasteiger partial charge in [-0.1, -0.05) is 29.8 Å². The number of nitro benzene ring substituents is 1. The van der Waals surface area contributed by atoms with Gasteiger partial charge in [0.15, 0.2) is 0 Å². The highest BCUT2D eigenvalue weighted by molar-refractivity contribution is 6.34. The quantitative estimate of drug-likeness (QED) is 0.181. The minimum atomic E-state index is -0.801. The smallest absolute Gasteiger partial charge is 0.407 e. The number of rotatable bonds is 9. The fraction of sp³-hybridized carbons (Fsp3) is 0.261. The molecule has 11 nitrogen and oxygen atoms in total. The molecule has 13 heteroatoms. The van der Waals surface area contributed by atoms with Crippen molar-refractivity contribution >= 4 is 52.5 Å². The van der Waals surface area contributed by atoms with Gasteiger partial charge < -0.3 is 25.4 Å². The molecule has 3 N–H and O–H groups in total. The Bertz CT molecular complexity index is 1200. The molecule has 0 bridgehead atoms. The summed E-state index contributed by atoms with van der Waals surface area (Å²) < 4.78 is 10.7. The van der Waals surface area contributed by atoms with Crippen molar-refractivity contribution in [2.45, 2.75) is 26.4 Å². The topological polar surface area (TPSA) is 149 Å². The number of carbonyl (C=O) groups excluding carboxylic acids is 3. The maximum Gasteiger partial charge on any atom is 0.407 e. The molecule has 0 aliphatic carbocycles. The van der Waals surface area contributed by atoms with Gasteiger partial charge in [-0.25, -0.2) is 4.79 Å². The van der Waals surface area contributed by atoms with Crippen LogP contribution in [0.15, 0.2) is 48.7 Å². The third-order valence-electron chi connectivity index (χ3n) is 4.16. The summed E-state index contributed by atoms with van der Waals surface area (Å²) in [6, 6.07) is 7.80. The molecule has 0 unspecified atom stereocenters. The first-order valence-electron chi connectivity index (χ1n) is 10.4. The van der Waals surface area contributed by atoms with Crippen molar-refractivity contribution in [2.24, 2.45) is 0 Å². The van der Waals surface area contributed by atoms with Gasteiger partial charge in [0.2, 0.25) is 0 Å². The number of alkyl carbamates (subject to hydrolysis) is 1.